The Morgan fingerprint density at radius 3 is 2.93 bits per heavy atom. The summed E-state index contributed by atoms with van der Waals surface area (Å²) in [7, 11) is 0. The fraction of sp³-hybridized carbons (Fsp3) is 0.550. The molecule has 1 aliphatic heterocycles. The van der Waals surface area contributed by atoms with Gasteiger partial charge in [-0.05, 0) is 25.5 Å². The van der Waals surface area contributed by atoms with Crippen molar-refractivity contribution >= 4 is 11.7 Å². The van der Waals surface area contributed by atoms with Crippen LogP contribution in [0, 0.1) is 6.92 Å². The first kappa shape index (κ1) is 20.3. The Morgan fingerprint density at radius 1 is 1.36 bits per heavy atom. The molecule has 2 amide bonds. The molecule has 1 saturated heterocycles. The van der Waals surface area contributed by atoms with Gasteiger partial charge in [-0.3, -0.25) is 4.90 Å². The van der Waals surface area contributed by atoms with E-state index in [1.54, 1.807) is 6.92 Å². The average Bonchev–Trinajstić information content (AvgIpc) is 3.15. The predicted molar refractivity (Wildman–Crippen MR) is 107 cm³/mol. The minimum atomic E-state index is -0.0793. The zero-order valence-electron chi connectivity index (χ0n) is 16.9. The van der Waals surface area contributed by atoms with E-state index in [-0.39, 0.29) is 6.03 Å². The number of carbonyl (C=O) groups excluding carboxylic acids is 1. The van der Waals surface area contributed by atoms with Gasteiger partial charge in [0.25, 0.3) is 0 Å². The number of rotatable bonds is 7. The molecule has 3 rings (SSSR count). The van der Waals surface area contributed by atoms with Gasteiger partial charge < -0.3 is 19.5 Å². The number of hydrogen-bond acceptors (Lipinski definition) is 6. The fourth-order valence-corrected chi connectivity index (χ4v) is 3.44. The number of piperazine rings is 1. The minimum absolute atomic E-state index is 0.0793. The standard InChI is InChI=1S/C20H29N5O3/c1-4-18-14-25(10-9-24(18)11-12-27-5-2)20(26)22-17-8-6-7-16(13-17)19-21-15(3)28-23-19/h6-8,13,18H,4-5,9-12,14H2,1-3H3,(H,22,26). The second-order valence-corrected chi connectivity index (χ2v) is 6.89. The number of aromatic nitrogens is 2. The first-order valence-electron chi connectivity index (χ1n) is 9.89. The molecule has 1 aromatic heterocycles. The maximum Gasteiger partial charge on any atom is 0.321 e. The largest absolute Gasteiger partial charge is 0.380 e. The van der Waals surface area contributed by atoms with Crippen LogP contribution in [0.5, 0.6) is 0 Å². The molecule has 1 aromatic carbocycles. The van der Waals surface area contributed by atoms with E-state index in [0.717, 1.165) is 50.5 Å². The quantitative estimate of drug-likeness (QED) is 0.735. The van der Waals surface area contributed by atoms with Crippen LogP contribution in [0.15, 0.2) is 28.8 Å². The molecular weight excluding hydrogens is 358 g/mol. The van der Waals surface area contributed by atoms with Crippen molar-refractivity contribution in [1.82, 2.24) is 19.9 Å². The molecule has 1 unspecified atom stereocenters. The first-order chi connectivity index (χ1) is 13.6. The highest BCUT2D eigenvalue weighted by Crippen LogP contribution is 2.21. The van der Waals surface area contributed by atoms with Crippen molar-refractivity contribution in [2.45, 2.75) is 33.2 Å². The van der Waals surface area contributed by atoms with E-state index in [0.29, 0.717) is 24.3 Å². The van der Waals surface area contributed by atoms with Gasteiger partial charge in [0, 0.05) is 57.0 Å². The lowest BCUT2D eigenvalue weighted by Crippen LogP contribution is -2.56. The van der Waals surface area contributed by atoms with Crippen molar-refractivity contribution in [2.75, 3.05) is 44.7 Å². The Morgan fingerprint density at radius 2 is 2.21 bits per heavy atom. The molecule has 2 aromatic rings. The van der Waals surface area contributed by atoms with E-state index in [2.05, 4.69) is 27.3 Å². The van der Waals surface area contributed by atoms with Crippen LogP contribution in [0.3, 0.4) is 0 Å². The number of hydrogen-bond donors (Lipinski definition) is 1. The molecule has 1 fully saturated rings. The molecular formula is C20H29N5O3. The molecule has 8 heteroatoms. The van der Waals surface area contributed by atoms with Crippen molar-refractivity contribution in [3.05, 3.63) is 30.2 Å². The number of benzene rings is 1. The third kappa shape index (κ3) is 5.08. The summed E-state index contributed by atoms with van der Waals surface area (Å²) in [5.74, 6) is 1.03. The Labute approximate surface area is 165 Å². The van der Waals surface area contributed by atoms with Crippen molar-refractivity contribution in [3.8, 4) is 11.4 Å². The van der Waals surface area contributed by atoms with Crippen LogP contribution in [0.25, 0.3) is 11.4 Å². The molecule has 0 radical (unpaired) electrons. The average molecular weight is 387 g/mol. The lowest BCUT2D eigenvalue weighted by atomic mass is 10.1. The second-order valence-electron chi connectivity index (χ2n) is 6.89. The topological polar surface area (TPSA) is 83.7 Å². The number of anilines is 1. The van der Waals surface area contributed by atoms with Crippen LogP contribution < -0.4 is 5.32 Å². The molecule has 0 spiro atoms. The van der Waals surface area contributed by atoms with Gasteiger partial charge in [-0.15, -0.1) is 0 Å². The van der Waals surface area contributed by atoms with E-state index >= 15 is 0 Å². The summed E-state index contributed by atoms with van der Waals surface area (Å²) >= 11 is 0. The summed E-state index contributed by atoms with van der Waals surface area (Å²) < 4.78 is 10.5. The molecule has 1 aliphatic rings. The molecule has 0 aliphatic carbocycles. The van der Waals surface area contributed by atoms with Crippen molar-refractivity contribution < 1.29 is 14.1 Å². The van der Waals surface area contributed by atoms with Gasteiger partial charge in [-0.1, -0.05) is 24.2 Å². The van der Waals surface area contributed by atoms with Gasteiger partial charge in [0.05, 0.1) is 6.61 Å². The number of carbonyl (C=O) groups is 1. The zero-order chi connectivity index (χ0) is 19.9. The highest BCUT2D eigenvalue weighted by atomic mass is 16.5. The fourth-order valence-electron chi connectivity index (χ4n) is 3.44. The normalized spacial score (nSPS) is 17.7. The van der Waals surface area contributed by atoms with Gasteiger partial charge in [0.1, 0.15) is 0 Å². The maximum atomic E-state index is 12.8. The summed E-state index contributed by atoms with van der Waals surface area (Å²) in [6.45, 7) is 10.6. The Balaban J connectivity index is 1.59. The van der Waals surface area contributed by atoms with Gasteiger partial charge in [-0.25, -0.2) is 4.79 Å². The molecule has 152 valence electrons. The Hall–Kier alpha value is -2.45. The summed E-state index contributed by atoms with van der Waals surface area (Å²) in [6.07, 6.45) is 1.00. The van der Waals surface area contributed by atoms with Crippen LogP contribution in [0.1, 0.15) is 26.2 Å². The maximum absolute atomic E-state index is 12.8. The second kappa shape index (κ2) is 9.66. The first-order valence-corrected chi connectivity index (χ1v) is 9.89. The SMILES string of the molecule is CCOCCN1CCN(C(=O)Nc2cccc(-c3noc(C)n3)c2)CC1CC. The van der Waals surface area contributed by atoms with Crippen molar-refractivity contribution in [3.63, 3.8) is 0 Å². The smallest absolute Gasteiger partial charge is 0.321 e. The summed E-state index contributed by atoms with van der Waals surface area (Å²) in [6, 6.07) is 7.77. The lowest BCUT2D eigenvalue weighted by Gasteiger charge is -2.41. The van der Waals surface area contributed by atoms with Gasteiger partial charge in [0.2, 0.25) is 11.7 Å². The summed E-state index contributed by atoms with van der Waals surface area (Å²) in [4.78, 5) is 21.3. The Kier molecular flexibility index (Phi) is 7.00. The number of nitrogens with zero attached hydrogens (tertiary/aromatic N) is 4. The number of urea groups is 1. The van der Waals surface area contributed by atoms with Gasteiger partial charge in [-0.2, -0.15) is 4.98 Å². The van der Waals surface area contributed by atoms with E-state index in [1.807, 2.05) is 36.1 Å². The lowest BCUT2D eigenvalue weighted by molar-refractivity contribution is 0.0545. The highest BCUT2D eigenvalue weighted by molar-refractivity contribution is 5.90. The predicted octanol–water partition coefficient (Wildman–Crippen LogP) is 3.01. The molecule has 28 heavy (non-hydrogen) atoms. The van der Waals surface area contributed by atoms with E-state index in [9.17, 15) is 4.79 Å². The number of nitrogens with one attached hydrogen (secondary N) is 1. The van der Waals surface area contributed by atoms with Crippen molar-refractivity contribution in [1.29, 1.82) is 0 Å². The molecule has 2 heterocycles. The van der Waals surface area contributed by atoms with Crippen LogP contribution in [0.2, 0.25) is 0 Å². The minimum Gasteiger partial charge on any atom is -0.380 e. The third-order valence-corrected chi connectivity index (χ3v) is 4.99. The number of amides is 2. The van der Waals surface area contributed by atoms with Gasteiger partial charge in [0.15, 0.2) is 0 Å². The van der Waals surface area contributed by atoms with Crippen molar-refractivity contribution in [2.24, 2.45) is 0 Å². The number of ether oxygens (including phenoxy) is 1. The highest BCUT2D eigenvalue weighted by Gasteiger charge is 2.28. The van der Waals surface area contributed by atoms with E-state index in [4.69, 9.17) is 9.26 Å². The molecule has 1 atom stereocenters. The summed E-state index contributed by atoms with van der Waals surface area (Å²) in [5, 5.41) is 6.93. The van der Waals surface area contributed by atoms with E-state index in [1.165, 1.54) is 0 Å². The van der Waals surface area contributed by atoms with Crippen LogP contribution in [-0.4, -0.2) is 71.4 Å². The number of aryl methyl sites for hydroxylation is 1. The summed E-state index contributed by atoms with van der Waals surface area (Å²) in [5.41, 5.74) is 1.53. The third-order valence-electron chi connectivity index (χ3n) is 4.99. The Bertz CT molecular complexity index is 779. The monoisotopic (exact) mass is 387 g/mol. The molecule has 0 saturated carbocycles. The van der Waals surface area contributed by atoms with Crippen LogP contribution in [0.4, 0.5) is 10.5 Å². The molecule has 8 nitrogen and oxygen atoms in total. The molecule has 0 bridgehead atoms. The van der Waals surface area contributed by atoms with Gasteiger partial charge >= 0.3 is 6.03 Å². The van der Waals surface area contributed by atoms with E-state index < -0.39 is 0 Å². The zero-order valence-corrected chi connectivity index (χ0v) is 16.9. The van der Waals surface area contributed by atoms with Crippen LogP contribution >= 0.6 is 0 Å². The molecule has 1 N–H and O–H groups in total. The van der Waals surface area contributed by atoms with Crippen LogP contribution in [-0.2, 0) is 4.74 Å².